The summed E-state index contributed by atoms with van der Waals surface area (Å²) in [5, 5.41) is 8.02. The minimum Gasteiger partial charge on any atom is -0.274 e. The van der Waals surface area contributed by atoms with E-state index in [1.54, 1.807) is 19.1 Å². The summed E-state index contributed by atoms with van der Waals surface area (Å²) < 4.78 is 26.5. The SMILES string of the molecule is Cc1ccc(S(=O)(=O)C(=O)POO)cc1. The Morgan fingerprint density at radius 2 is 1.87 bits per heavy atom. The summed E-state index contributed by atoms with van der Waals surface area (Å²) in [6, 6.07) is 5.85. The van der Waals surface area contributed by atoms with Crippen molar-refractivity contribution in [3.05, 3.63) is 29.8 Å². The van der Waals surface area contributed by atoms with E-state index in [1.807, 2.05) is 0 Å². The maximum Gasteiger partial charge on any atom is 0.299 e. The number of carbonyl (C=O) groups is 1. The number of hydrogen-bond acceptors (Lipinski definition) is 5. The van der Waals surface area contributed by atoms with Gasteiger partial charge in [-0.2, -0.15) is 0 Å². The number of hydrogen-bond donors (Lipinski definition) is 1. The van der Waals surface area contributed by atoms with Crippen LogP contribution in [0.25, 0.3) is 0 Å². The van der Waals surface area contributed by atoms with E-state index in [4.69, 9.17) is 5.26 Å². The molecule has 0 saturated carbocycles. The highest BCUT2D eigenvalue weighted by atomic mass is 32.2. The summed E-state index contributed by atoms with van der Waals surface area (Å²) in [5.41, 5.74) is 0.891. The van der Waals surface area contributed by atoms with Gasteiger partial charge in [-0.15, -0.1) is 0 Å². The van der Waals surface area contributed by atoms with Gasteiger partial charge >= 0.3 is 0 Å². The summed E-state index contributed by atoms with van der Waals surface area (Å²) in [6.07, 6.45) is 0. The first kappa shape index (κ1) is 12.3. The number of aryl methyl sites for hydroxylation is 1. The first-order valence-electron chi connectivity index (χ1n) is 3.90. The first-order chi connectivity index (χ1) is 6.98. The molecule has 0 amide bonds. The minimum atomic E-state index is -4.03. The lowest BCUT2D eigenvalue weighted by Crippen LogP contribution is -2.08. The number of rotatable bonds is 3. The molecule has 15 heavy (non-hydrogen) atoms. The van der Waals surface area contributed by atoms with E-state index in [2.05, 4.69) is 4.67 Å². The number of carbonyl (C=O) groups excluding carboxylic acids is 1. The quantitative estimate of drug-likeness (QED) is 0.502. The van der Waals surface area contributed by atoms with E-state index in [0.717, 1.165) is 5.56 Å². The van der Waals surface area contributed by atoms with Gasteiger partial charge in [-0.1, -0.05) is 17.7 Å². The topological polar surface area (TPSA) is 80.7 Å². The van der Waals surface area contributed by atoms with E-state index in [1.165, 1.54) is 12.1 Å². The fraction of sp³-hybridized carbons (Fsp3) is 0.125. The zero-order chi connectivity index (χ0) is 11.5. The number of benzene rings is 1. The summed E-state index contributed by atoms with van der Waals surface area (Å²) in [4.78, 5) is 9.85. The monoisotopic (exact) mass is 248 g/mol. The molecule has 82 valence electrons. The molecule has 1 aromatic carbocycles. The lowest BCUT2D eigenvalue weighted by atomic mass is 10.2. The van der Waals surface area contributed by atoms with Crippen molar-refractivity contribution < 1.29 is 23.1 Å². The zero-order valence-electron chi connectivity index (χ0n) is 7.80. The van der Waals surface area contributed by atoms with Crippen LogP contribution in [0.4, 0.5) is 4.79 Å². The molecular weight excluding hydrogens is 239 g/mol. The minimum absolute atomic E-state index is 0.0948. The van der Waals surface area contributed by atoms with E-state index in [-0.39, 0.29) is 4.90 Å². The van der Waals surface area contributed by atoms with Gasteiger partial charge in [-0.3, -0.25) is 4.79 Å². The summed E-state index contributed by atoms with van der Waals surface area (Å²) in [5.74, 6) is 0. The molecule has 0 aliphatic heterocycles. The van der Waals surface area contributed by atoms with Crippen molar-refractivity contribution in [2.24, 2.45) is 0 Å². The van der Waals surface area contributed by atoms with Crippen molar-refractivity contribution in [1.82, 2.24) is 0 Å². The number of sulfone groups is 1. The Kier molecular flexibility index (Phi) is 3.93. The Morgan fingerprint density at radius 3 is 2.33 bits per heavy atom. The van der Waals surface area contributed by atoms with Gasteiger partial charge in [0.25, 0.3) is 4.86 Å². The van der Waals surface area contributed by atoms with Crippen molar-refractivity contribution in [3.63, 3.8) is 0 Å². The molecule has 0 aromatic heterocycles. The average molecular weight is 248 g/mol. The van der Waals surface area contributed by atoms with Crippen molar-refractivity contribution in [2.75, 3.05) is 0 Å². The first-order valence-corrected chi connectivity index (χ1v) is 6.30. The van der Waals surface area contributed by atoms with Crippen LogP contribution in [0.2, 0.25) is 0 Å². The molecule has 0 spiro atoms. The summed E-state index contributed by atoms with van der Waals surface area (Å²) >= 11 is 0. The van der Waals surface area contributed by atoms with Crippen molar-refractivity contribution in [1.29, 1.82) is 0 Å². The van der Waals surface area contributed by atoms with Gasteiger partial charge in [-0.25, -0.2) is 18.3 Å². The van der Waals surface area contributed by atoms with Crippen molar-refractivity contribution >= 4 is 23.5 Å². The van der Waals surface area contributed by atoms with Crippen LogP contribution in [0.1, 0.15) is 5.56 Å². The second-order valence-electron chi connectivity index (χ2n) is 2.80. The van der Waals surface area contributed by atoms with Gasteiger partial charge in [0.05, 0.1) is 4.90 Å². The van der Waals surface area contributed by atoms with Crippen molar-refractivity contribution in [3.8, 4) is 0 Å². The standard InChI is InChI=1S/C8H9O5PS/c1-6-2-4-7(5-3-6)15(11,12)8(9)14-13-10/h2-5,10,14H,1H3. The van der Waals surface area contributed by atoms with Crippen LogP contribution in [0.5, 0.6) is 0 Å². The summed E-state index contributed by atoms with van der Waals surface area (Å²) in [7, 11) is -5.14. The van der Waals surface area contributed by atoms with E-state index in [0.29, 0.717) is 0 Å². The maximum atomic E-state index is 11.5. The predicted molar refractivity (Wildman–Crippen MR) is 55.8 cm³/mol. The van der Waals surface area contributed by atoms with E-state index >= 15 is 0 Å². The van der Waals surface area contributed by atoms with Gasteiger partial charge in [0.1, 0.15) is 8.81 Å². The van der Waals surface area contributed by atoms with Crippen molar-refractivity contribution in [2.45, 2.75) is 11.8 Å². The van der Waals surface area contributed by atoms with E-state index in [9.17, 15) is 13.2 Å². The molecule has 0 heterocycles. The highest BCUT2D eigenvalue weighted by Crippen LogP contribution is 2.23. The molecule has 0 aliphatic carbocycles. The Balaban J connectivity index is 3.06. The Morgan fingerprint density at radius 1 is 1.33 bits per heavy atom. The smallest absolute Gasteiger partial charge is 0.274 e. The lowest BCUT2D eigenvalue weighted by Gasteiger charge is -2.01. The van der Waals surface area contributed by atoms with Crippen LogP contribution in [-0.2, 0) is 14.5 Å². The molecule has 0 saturated heterocycles. The maximum absolute atomic E-state index is 11.5. The second kappa shape index (κ2) is 4.81. The molecule has 1 unspecified atom stereocenters. The molecular formula is C8H9O5PS. The van der Waals surface area contributed by atoms with E-state index < -0.39 is 23.5 Å². The third-order valence-corrected chi connectivity index (χ3v) is 4.40. The molecule has 7 heteroatoms. The zero-order valence-corrected chi connectivity index (χ0v) is 9.61. The van der Waals surface area contributed by atoms with Crippen LogP contribution in [0.15, 0.2) is 29.2 Å². The fourth-order valence-electron chi connectivity index (χ4n) is 0.917. The summed E-state index contributed by atoms with van der Waals surface area (Å²) in [6.45, 7) is 1.80. The lowest BCUT2D eigenvalue weighted by molar-refractivity contribution is -0.121. The molecule has 0 aliphatic rings. The molecule has 5 nitrogen and oxygen atoms in total. The van der Waals surface area contributed by atoms with Crippen LogP contribution < -0.4 is 0 Å². The Bertz CT molecular complexity index is 450. The van der Waals surface area contributed by atoms with Gasteiger partial charge in [0.2, 0.25) is 9.84 Å². The van der Waals surface area contributed by atoms with Gasteiger partial charge in [0, 0.05) is 0 Å². The fourth-order valence-corrected chi connectivity index (χ4v) is 2.60. The normalized spacial score (nSPS) is 12.1. The second-order valence-corrected chi connectivity index (χ2v) is 5.85. The molecule has 1 rings (SSSR count). The van der Waals surface area contributed by atoms with Crippen LogP contribution >= 0.6 is 8.81 Å². The molecule has 0 fully saturated rings. The Labute approximate surface area is 88.8 Å². The predicted octanol–water partition coefficient (Wildman–Crippen LogP) is 1.97. The average Bonchev–Trinajstić information content (AvgIpc) is 2.18. The van der Waals surface area contributed by atoms with Gasteiger partial charge < -0.3 is 0 Å². The van der Waals surface area contributed by atoms with Crippen LogP contribution in [0.3, 0.4) is 0 Å². The molecule has 1 atom stereocenters. The van der Waals surface area contributed by atoms with Gasteiger partial charge in [0.15, 0.2) is 0 Å². The largest absolute Gasteiger partial charge is 0.299 e. The van der Waals surface area contributed by atoms with Crippen LogP contribution in [-0.4, -0.2) is 18.5 Å². The van der Waals surface area contributed by atoms with Gasteiger partial charge in [-0.05, 0) is 19.1 Å². The molecule has 1 aromatic rings. The third-order valence-electron chi connectivity index (χ3n) is 1.70. The third kappa shape index (κ3) is 2.82. The molecule has 1 N–H and O–H groups in total. The van der Waals surface area contributed by atoms with Crippen LogP contribution in [0, 0.1) is 6.92 Å². The highest BCUT2D eigenvalue weighted by molar-refractivity contribution is 8.16. The highest BCUT2D eigenvalue weighted by Gasteiger charge is 2.25. The molecule has 0 radical (unpaired) electrons. The Hall–Kier alpha value is -0.810. The molecule has 0 bridgehead atoms.